The number of methoxy groups -OCH3 is 1. The lowest BCUT2D eigenvalue weighted by molar-refractivity contribution is -0.127. The van der Waals surface area contributed by atoms with Gasteiger partial charge < -0.3 is 15.0 Å². The summed E-state index contributed by atoms with van der Waals surface area (Å²) in [5, 5.41) is 2.64. The summed E-state index contributed by atoms with van der Waals surface area (Å²) in [5.74, 6) is -0.455. The molecule has 0 bridgehead atoms. The van der Waals surface area contributed by atoms with Crippen LogP contribution in [0.1, 0.15) is 25.3 Å². The number of ether oxygens (including phenoxy) is 1. The van der Waals surface area contributed by atoms with Gasteiger partial charge in [0.1, 0.15) is 11.8 Å². The molecule has 0 saturated carbocycles. The minimum Gasteiger partial charge on any atom is -0.497 e. The third-order valence-electron chi connectivity index (χ3n) is 5.14. The van der Waals surface area contributed by atoms with Crippen LogP contribution in [-0.2, 0) is 25.8 Å². The van der Waals surface area contributed by atoms with Crippen LogP contribution in [0.5, 0.6) is 5.75 Å². The third kappa shape index (κ3) is 4.99. The van der Waals surface area contributed by atoms with Gasteiger partial charge in [0.15, 0.2) is 9.84 Å². The lowest BCUT2D eigenvalue weighted by Crippen LogP contribution is -2.48. The van der Waals surface area contributed by atoms with E-state index < -0.39 is 21.8 Å². The molecule has 2 aromatic carbocycles. The van der Waals surface area contributed by atoms with E-state index in [9.17, 15) is 18.0 Å². The first-order chi connectivity index (χ1) is 14.3. The Morgan fingerprint density at radius 3 is 2.53 bits per heavy atom. The molecule has 0 spiro atoms. The van der Waals surface area contributed by atoms with E-state index in [2.05, 4.69) is 5.32 Å². The van der Waals surface area contributed by atoms with E-state index >= 15 is 0 Å². The molecular weight excluding hydrogens is 404 g/mol. The highest BCUT2D eigenvalue weighted by molar-refractivity contribution is 7.91. The second-order valence-electron chi connectivity index (χ2n) is 7.26. The largest absolute Gasteiger partial charge is 0.497 e. The Hall–Kier alpha value is -2.87. The molecule has 0 unspecified atom stereocenters. The number of benzene rings is 2. The van der Waals surface area contributed by atoms with E-state index in [-0.39, 0.29) is 23.0 Å². The molecule has 1 N–H and O–H groups in total. The molecule has 3 rings (SSSR count). The molecule has 30 heavy (non-hydrogen) atoms. The molecular formula is C22H26N2O5S. The van der Waals surface area contributed by atoms with Gasteiger partial charge in [0.25, 0.3) is 0 Å². The maximum absolute atomic E-state index is 12.9. The molecule has 2 amide bonds. The van der Waals surface area contributed by atoms with Crippen molar-refractivity contribution in [3.63, 3.8) is 0 Å². The van der Waals surface area contributed by atoms with Gasteiger partial charge in [-0.25, -0.2) is 8.42 Å². The topological polar surface area (TPSA) is 92.8 Å². The van der Waals surface area contributed by atoms with E-state index in [4.69, 9.17) is 4.74 Å². The van der Waals surface area contributed by atoms with Crippen LogP contribution in [0.25, 0.3) is 0 Å². The van der Waals surface area contributed by atoms with Crippen LogP contribution in [0.2, 0.25) is 0 Å². The quantitative estimate of drug-likeness (QED) is 0.728. The number of amides is 2. The van der Waals surface area contributed by atoms with Crippen molar-refractivity contribution in [1.29, 1.82) is 0 Å². The molecule has 8 heteroatoms. The molecule has 0 fully saturated rings. The van der Waals surface area contributed by atoms with Crippen LogP contribution >= 0.6 is 0 Å². The van der Waals surface area contributed by atoms with Crippen molar-refractivity contribution in [3.8, 4) is 5.75 Å². The summed E-state index contributed by atoms with van der Waals surface area (Å²) < 4.78 is 29.9. The fraction of sp³-hybridized carbons (Fsp3) is 0.364. The summed E-state index contributed by atoms with van der Waals surface area (Å²) in [6.07, 6.45) is 1.57. The standard InChI is InChI=1S/C22H26N2O5S/c1-16(22(26)24-14-5-7-17-6-3-4-8-20(17)24)23-21(25)13-15-30(27,28)19-11-9-18(29-2)10-12-19/h3-4,6,8-12,16H,5,7,13-15H2,1-2H3,(H,23,25)/t16-/m0/s1. The average molecular weight is 431 g/mol. The fourth-order valence-electron chi connectivity index (χ4n) is 3.50. The fourth-order valence-corrected chi connectivity index (χ4v) is 4.74. The summed E-state index contributed by atoms with van der Waals surface area (Å²) >= 11 is 0. The molecule has 160 valence electrons. The van der Waals surface area contributed by atoms with Gasteiger partial charge in [-0.3, -0.25) is 9.59 Å². The maximum Gasteiger partial charge on any atom is 0.249 e. The van der Waals surface area contributed by atoms with Gasteiger partial charge >= 0.3 is 0 Å². The number of carbonyl (C=O) groups excluding carboxylic acids is 2. The molecule has 2 aromatic rings. The number of rotatable bonds is 7. The number of fused-ring (bicyclic) bond motifs is 1. The number of para-hydroxylation sites is 1. The van der Waals surface area contributed by atoms with Crippen LogP contribution in [0.15, 0.2) is 53.4 Å². The van der Waals surface area contributed by atoms with Gasteiger partial charge in [0.2, 0.25) is 11.8 Å². The molecule has 0 radical (unpaired) electrons. The lowest BCUT2D eigenvalue weighted by Gasteiger charge is -2.31. The van der Waals surface area contributed by atoms with E-state index in [1.807, 2.05) is 24.3 Å². The van der Waals surface area contributed by atoms with Gasteiger partial charge in [-0.2, -0.15) is 0 Å². The minimum atomic E-state index is -3.61. The van der Waals surface area contributed by atoms with Gasteiger partial charge in [-0.15, -0.1) is 0 Å². The van der Waals surface area contributed by atoms with Gasteiger partial charge in [0.05, 0.1) is 17.8 Å². The number of hydrogen-bond acceptors (Lipinski definition) is 5. The zero-order chi connectivity index (χ0) is 21.7. The van der Waals surface area contributed by atoms with Crippen LogP contribution in [0.3, 0.4) is 0 Å². The zero-order valence-electron chi connectivity index (χ0n) is 17.1. The Labute approximate surface area is 177 Å². The van der Waals surface area contributed by atoms with Crippen molar-refractivity contribution >= 4 is 27.3 Å². The molecule has 1 aliphatic heterocycles. The van der Waals surface area contributed by atoms with Crippen molar-refractivity contribution < 1.29 is 22.7 Å². The average Bonchev–Trinajstić information content (AvgIpc) is 2.77. The van der Waals surface area contributed by atoms with Gasteiger partial charge in [0, 0.05) is 18.7 Å². The van der Waals surface area contributed by atoms with Crippen molar-refractivity contribution in [3.05, 3.63) is 54.1 Å². The zero-order valence-corrected chi connectivity index (χ0v) is 17.9. The van der Waals surface area contributed by atoms with Crippen molar-refractivity contribution in [2.45, 2.75) is 37.1 Å². The Balaban J connectivity index is 1.57. The van der Waals surface area contributed by atoms with Gasteiger partial charge in [-0.05, 0) is 55.7 Å². The summed E-state index contributed by atoms with van der Waals surface area (Å²) in [5.41, 5.74) is 1.98. The molecule has 1 aliphatic rings. The lowest BCUT2D eigenvalue weighted by atomic mass is 10.0. The van der Waals surface area contributed by atoms with Crippen LogP contribution in [0.4, 0.5) is 5.69 Å². The first-order valence-electron chi connectivity index (χ1n) is 9.87. The summed E-state index contributed by atoms with van der Waals surface area (Å²) in [4.78, 5) is 27.0. The molecule has 7 nitrogen and oxygen atoms in total. The molecule has 0 aromatic heterocycles. The number of hydrogen-bond donors (Lipinski definition) is 1. The Morgan fingerprint density at radius 2 is 1.83 bits per heavy atom. The third-order valence-corrected chi connectivity index (χ3v) is 6.87. The number of carbonyl (C=O) groups is 2. The SMILES string of the molecule is COc1ccc(S(=O)(=O)CCC(=O)N[C@@H](C)C(=O)N2CCCc3ccccc32)cc1. The summed E-state index contributed by atoms with van der Waals surface area (Å²) in [7, 11) is -2.11. The number of anilines is 1. The van der Waals surface area contributed by atoms with Gasteiger partial charge in [-0.1, -0.05) is 18.2 Å². The smallest absolute Gasteiger partial charge is 0.249 e. The minimum absolute atomic E-state index is 0.130. The van der Waals surface area contributed by atoms with Crippen molar-refractivity contribution in [2.24, 2.45) is 0 Å². The number of sulfone groups is 1. The Morgan fingerprint density at radius 1 is 1.13 bits per heavy atom. The monoisotopic (exact) mass is 430 g/mol. The predicted octanol–water partition coefficient (Wildman–Crippen LogP) is 2.34. The second kappa shape index (κ2) is 9.30. The second-order valence-corrected chi connectivity index (χ2v) is 9.36. The molecule has 0 aliphatic carbocycles. The van der Waals surface area contributed by atoms with Crippen molar-refractivity contribution in [2.75, 3.05) is 24.3 Å². The van der Waals surface area contributed by atoms with Crippen LogP contribution in [-0.4, -0.2) is 45.7 Å². The first kappa shape index (κ1) is 21.8. The molecule has 1 heterocycles. The van der Waals surface area contributed by atoms with E-state index in [0.29, 0.717) is 12.3 Å². The molecule has 0 saturated heterocycles. The van der Waals surface area contributed by atoms with Crippen molar-refractivity contribution in [1.82, 2.24) is 5.32 Å². The summed E-state index contributed by atoms with van der Waals surface area (Å²) in [6.45, 7) is 2.22. The van der Waals surface area contributed by atoms with E-state index in [0.717, 1.165) is 24.1 Å². The normalized spacial score (nSPS) is 14.5. The number of nitrogens with zero attached hydrogens (tertiary/aromatic N) is 1. The van der Waals surface area contributed by atoms with Crippen LogP contribution in [0, 0.1) is 0 Å². The number of nitrogens with one attached hydrogen (secondary N) is 1. The summed E-state index contributed by atoms with van der Waals surface area (Å²) in [6, 6.07) is 13.0. The highest BCUT2D eigenvalue weighted by atomic mass is 32.2. The highest BCUT2D eigenvalue weighted by Gasteiger charge is 2.27. The Bertz CT molecular complexity index is 1020. The first-order valence-corrected chi connectivity index (χ1v) is 11.5. The highest BCUT2D eigenvalue weighted by Crippen LogP contribution is 2.27. The maximum atomic E-state index is 12.9. The molecule has 1 atom stereocenters. The van der Waals surface area contributed by atoms with E-state index in [1.165, 1.54) is 19.2 Å². The predicted molar refractivity (Wildman–Crippen MR) is 114 cm³/mol. The van der Waals surface area contributed by atoms with E-state index in [1.54, 1.807) is 24.0 Å². The Kier molecular flexibility index (Phi) is 6.77. The number of aryl methyl sites for hydroxylation is 1. The van der Waals surface area contributed by atoms with Crippen LogP contribution < -0.4 is 15.0 Å².